The van der Waals surface area contributed by atoms with Gasteiger partial charge in [0.05, 0.1) is 26.3 Å². The van der Waals surface area contributed by atoms with Crippen molar-refractivity contribution in [3.63, 3.8) is 0 Å². The van der Waals surface area contributed by atoms with Crippen molar-refractivity contribution >= 4 is 22.4 Å². The molecule has 2 aromatic rings. The second-order valence-corrected chi connectivity index (χ2v) is 5.98. The molecule has 0 aliphatic rings. The SMILES string of the molecule is CCc1nc(NC(=O)Cc2ccc(OC)cc2OC)sc1C. The highest BCUT2D eigenvalue weighted by Crippen LogP contribution is 2.26. The van der Waals surface area contributed by atoms with E-state index in [1.54, 1.807) is 20.3 Å². The number of methoxy groups -OCH3 is 2. The Kier molecular flexibility index (Phi) is 5.38. The Morgan fingerprint density at radius 3 is 2.68 bits per heavy atom. The van der Waals surface area contributed by atoms with E-state index in [0.29, 0.717) is 16.6 Å². The fourth-order valence-electron chi connectivity index (χ4n) is 2.14. The number of aromatic nitrogens is 1. The monoisotopic (exact) mass is 320 g/mol. The molecule has 0 atom stereocenters. The molecule has 0 spiro atoms. The van der Waals surface area contributed by atoms with Crippen LogP contribution >= 0.6 is 11.3 Å². The van der Waals surface area contributed by atoms with Crippen molar-refractivity contribution in [2.45, 2.75) is 26.7 Å². The predicted octanol–water partition coefficient (Wildman–Crippen LogP) is 3.21. The van der Waals surface area contributed by atoms with Crippen LogP contribution in [-0.4, -0.2) is 25.1 Å². The number of hydrogen-bond acceptors (Lipinski definition) is 5. The van der Waals surface area contributed by atoms with Gasteiger partial charge in [0.1, 0.15) is 11.5 Å². The van der Waals surface area contributed by atoms with Crippen molar-refractivity contribution < 1.29 is 14.3 Å². The van der Waals surface area contributed by atoms with Crippen molar-refractivity contribution in [3.8, 4) is 11.5 Å². The van der Waals surface area contributed by atoms with Gasteiger partial charge < -0.3 is 14.8 Å². The maximum absolute atomic E-state index is 12.2. The molecule has 2 rings (SSSR count). The molecule has 1 aromatic heterocycles. The zero-order chi connectivity index (χ0) is 16.1. The number of aryl methyl sites for hydroxylation is 2. The van der Waals surface area contributed by atoms with Gasteiger partial charge in [-0.2, -0.15) is 0 Å². The second-order valence-electron chi connectivity index (χ2n) is 4.78. The average molecular weight is 320 g/mol. The lowest BCUT2D eigenvalue weighted by Gasteiger charge is -2.10. The third kappa shape index (κ3) is 3.76. The standard InChI is InChI=1S/C16H20N2O3S/c1-5-13-10(2)22-16(17-13)18-15(19)8-11-6-7-12(20-3)9-14(11)21-4/h6-7,9H,5,8H2,1-4H3,(H,17,18,19). The van der Waals surface area contributed by atoms with Crippen molar-refractivity contribution in [1.82, 2.24) is 4.98 Å². The van der Waals surface area contributed by atoms with Crippen molar-refractivity contribution in [2.75, 3.05) is 19.5 Å². The molecule has 0 fully saturated rings. The summed E-state index contributed by atoms with van der Waals surface area (Å²) in [6.45, 7) is 4.06. The van der Waals surface area contributed by atoms with E-state index in [0.717, 1.165) is 22.6 Å². The number of ether oxygens (including phenoxy) is 2. The Labute approximate surface area is 134 Å². The number of benzene rings is 1. The van der Waals surface area contributed by atoms with Crippen molar-refractivity contribution in [2.24, 2.45) is 0 Å². The van der Waals surface area contributed by atoms with Crippen molar-refractivity contribution in [1.29, 1.82) is 0 Å². The molecule has 0 radical (unpaired) electrons. The first-order chi connectivity index (χ1) is 10.6. The van der Waals surface area contributed by atoms with E-state index in [1.165, 1.54) is 11.3 Å². The van der Waals surface area contributed by atoms with E-state index in [-0.39, 0.29) is 12.3 Å². The highest BCUT2D eigenvalue weighted by atomic mass is 32.1. The Morgan fingerprint density at radius 1 is 1.32 bits per heavy atom. The molecular weight excluding hydrogens is 300 g/mol. The Morgan fingerprint density at radius 2 is 2.09 bits per heavy atom. The van der Waals surface area contributed by atoms with Crippen LogP contribution in [0, 0.1) is 6.92 Å². The van der Waals surface area contributed by atoms with Crippen LogP contribution in [0.1, 0.15) is 23.1 Å². The highest BCUT2D eigenvalue weighted by Gasteiger charge is 2.13. The van der Waals surface area contributed by atoms with Gasteiger partial charge in [-0.3, -0.25) is 4.79 Å². The lowest BCUT2D eigenvalue weighted by Crippen LogP contribution is -2.14. The van der Waals surface area contributed by atoms with Crippen LogP contribution in [0.3, 0.4) is 0 Å². The zero-order valence-corrected chi connectivity index (χ0v) is 14.0. The maximum Gasteiger partial charge on any atom is 0.230 e. The summed E-state index contributed by atoms with van der Waals surface area (Å²) in [5.74, 6) is 1.23. The molecule has 0 aliphatic heterocycles. The molecule has 0 bridgehead atoms. The van der Waals surface area contributed by atoms with E-state index in [4.69, 9.17) is 9.47 Å². The number of nitrogens with zero attached hydrogens (tertiary/aromatic N) is 1. The third-order valence-electron chi connectivity index (χ3n) is 3.32. The molecule has 1 N–H and O–H groups in total. The minimum absolute atomic E-state index is 0.111. The van der Waals surface area contributed by atoms with Gasteiger partial charge in [0, 0.05) is 16.5 Å². The van der Waals surface area contributed by atoms with Crippen LogP contribution < -0.4 is 14.8 Å². The normalized spacial score (nSPS) is 10.4. The number of hydrogen-bond donors (Lipinski definition) is 1. The van der Waals surface area contributed by atoms with Crippen LogP contribution in [0.4, 0.5) is 5.13 Å². The number of amides is 1. The first-order valence-electron chi connectivity index (χ1n) is 7.04. The van der Waals surface area contributed by atoms with Crippen molar-refractivity contribution in [3.05, 3.63) is 34.3 Å². The summed E-state index contributed by atoms with van der Waals surface area (Å²) in [5.41, 5.74) is 1.84. The van der Waals surface area contributed by atoms with E-state index in [9.17, 15) is 4.79 Å². The summed E-state index contributed by atoms with van der Waals surface area (Å²) in [6.07, 6.45) is 1.10. The Balaban J connectivity index is 2.08. The predicted molar refractivity (Wildman–Crippen MR) is 88.1 cm³/mol. The van der Waals surface area contributed by atoms with Gasteiger partial charge in [0.2, 0.25) is 5.91 Å². The third-order valence-corrected chi connectivity index (χ3v) is 4.25. The molecule has 22 heavy (non-hydrogen) atoms. The smallest absolute Gasteiger partial charge is 0.230 e. The fourth-order valence-corrected chi connectivity index (χ4v) is 3.06. The molecule has 0 saturated heterocycles. The number of anilines is 1. The topological polar surface area (TPSA) is 60.5 Å². The second kappa shape index (κ2) is 7.26. The van der Waals surface area contributed by atoms with E-state index in [1.807, 2.05) is 19.1 Å². The van der Waals surface area contributed by atoms with Gasteiger partial charge in [0.15, 0.2) is 5.13 Å². The molecular formula is C16H20N2O3S. The molecule has 1 heterocycles. The molecule has 5 nitrogen and oxygen atoms in total. The van der Waals surface area contributed by atoms with Gasteiger partial charge in [-0.05, 0) is 19.4 Å². The van der Waals surface area contributed by atoms with Crippen LogP contribution in [0.2, 0.25) is 0 Å². The summed E-state index contributed by atoms with van der Waals surface area (Å²) < 4.78 is 10.5. The highest BCUT2D eigenvalue weighted by molar-refractivity contribution is 7.15. The van der Waals surface area contributed by atoms with Gasteiger partial charge >= 0.3 is 0 Å². The summed E-state index contributed by atoms with van der Waals surface area (Å²) in [7, 11) is 3.17. The molecule has 1 amide bonds. The van der Waals surface area contributed by atoms with Gasteiger partial charge in [-0.1, -0.05) is 13.0 Å². The van der Waals surface area contributed by atoms with E-state index in [2.05, 4.69) is 17.2 Å². The lowest BCUT2D eigenvalue weighted by molar-refractivity contribution is -0.115. The summed E-state index contributed by atoms with van der Waals surface area (Å²) in [4.78, 5) is 17.7. The lowest BCUT2D eigenvalue weighted by atomic mass is 10.1. The Hall–Kier alpha value is -2.08. The van der Waals surface area contributed by atoms with Crippen LogP contribution in [0.15, 0.2) is 18.2 Å². The molecule has 118 valence electrons. The average Bonchev–Trinajstić information content (AvgIpc) is 2.87. The molecule has 0 aliphatic carbocycles. The molecule has 1 aromatic carbocycles. The number of carbonyl (C=O) groups excluding carboxylic acids is 1. The molecule has 0 unspecified atom stereocenters. The summed E-state index contributed by atoms with van der Waals surface area (Å²) in [6, 6.07) is 5.42. The van der Waals surface area contributed by atoms with E-state index < -0.39 is 0 Å². The summed E-state index contributed by atoms with van der Waals surface area (Å²) >= 11 is 1.50. The Bertz CT molecular complexity index is 667. The maximum atomic E-state index is 12.2. The number of carbonyl (C=O) groups is 1. The largest absolute Gasteiger partial charge is 0.497 e. The van der Waals surface area contributed by atoms with Crippen LogP contribution in [0.25, 0.3) is 0 Å². The van der Waals surface area contributed by atoms with Gasteiger partial charge in [-0.25, -0.2) is 4.98 Å². The minimum atomic E-state index is -0.111. The minimum Gasteiger partial charge on any atom is -0.497 e. The molecule has 6 heteroatoms. The fraction of sp³-hybridized carbons (Fsp3) is 0.375. The number of nitrogens with one attached hydrogen (secondary N) is 1. The number of thiazole rings is 1. The van der Waals surface area contributed by atoms with E-state index >= 15 is 0 Å². The summed E-state index contributed by atoms with van der Waals surface area (Å²) in [5, 5.41) is 3.49. The zero-order valence-electron chi connectivity index (χ0n) is 13.2. The van der Waals surface area contributed by atoms with Crippen LogP contribution in [0.5, 0.6) is 11.5 Å². The quantitative estimate of drug-likeness (QED) is 0.888. The van der Waals surface area contributed by atoms with Crippen LogP contribution in [-0.2, 0) is 17.6 Å². The van der Waals surface area contributed by atoms with Gasteiger partial charge in [0.25, 0.3) is 0 Å². The first-order valence-corrected chi connectivity index (χ1v) is 7.86. The molecule has 0 saturated carbocycles. The first kappa shape index (κ1) is 16.3. The van der Waals surface area contributed by atoms with Gasteiger partial charge in [-0.15, -0.1) is 11.3 Å². The number of rotatable bonds is 6.